The molecule has 0 heterocycles. The molecule has 0 unspecified atom stereocenters. The summed E-state index contributed by atoms with van der Waals surface area (Å²) in [6.45, 7) is 0. The van der Waals surface area contributed by atoms with Crippen LogP contribution in [0.25, 0.3) is 0 Å². The number of anilines is 2. The third-order valence-electron chi connectivity index (χ3n) is 4.29. The number of hydrogen-bond donors (Lipinski definition) is 3. The van der Waals surface area contributed by atoms with Crippen LogP contribution in [0.3, 0.4) is 0 Å². The van der Waals surface area contributed by atoms with Crippen LogP contribution >= 0.6 is 0 Å². The third-order valence-corrected chi connectivity index (χ3v) is 7.07. The van der Waals surface area contributed by atoms with Gasteiger partial charge in [-0.15, -0.1) is 0 Å². The summed E-state index contributed by atoms with van der Waals surface area (Å²) in [6, 6.07) is 10.4. The normalized spacial score (nSPS) is 11.6. The molecule has 3 rings (SSSR count). The van der Waals surface area contributed by atoms with E-state index in [0.717, 1.165) is 12.1 Å². The van der Waals surface area contributed by atoms with Crippen LogP contribution in [0.5, 0.6) is 5.75 Å². The standard InChI is InChI=1S/C20H16F2N2O7S2/c1-31-18-9-2-12(20(25)26)10-19(18)33(29,30)24-14-5-3-13(4-6-14)23-32(27,28)15-7-8-16(21)17(22)11-15/h2-11,23-24H,1H3,(H,25,26). The second-order valence-corrected chi connectivity index (χ2v) is 9.87. The lowest BCUT2D eigenvalue weighted by molar-refractivity contribution is 0.0696. The van der Waals surface area contributed by atoms with Crippen molar-refractivity contribution in [1.29, 1.82) is 0 Å². The summed E-state index contributed by atoms with van der Waals surface area (Å²) in [5.41, 5.74) is -0.208. The van der Waals surface area contributed by atoms with Crippen molar-refractivity contribution in [1.82, 2.24) is 0 Å². The molecule has 0 spiro atoms. The first-order chi connectivity index (χ1) is 15.4. The van der Waals surface area contributed by atoms with Gasteiger partial charge in [0.25, 0.3) is 20.0 Å². The average Bonchev–Trinajstić information content (AvgIpc) is 2.76. The Morgan fingerprint density at radius 3 is 1.91 bits per heavy atom. The predicted molar refractivity (Wildman–Crippen MR) is 114 cm³/mol. The van der Waals surface area contributed by atoms with Crippen molar-refractivity contribution in [3.05, 3.63) is 77.9 Å². The molecule has 9 nitrogen and oxygen atoms in total. The smallest absolute Gasteiger partial charge is 0.335 e. The van der Waals surface area contributed by atoms with Crippen molar-refractivity contribution in [3.8, 4) is 5.75 Å². The summed E-state index contributed by atoms with van der Waals surface area (Å²) >= 11 is 0. The fraction of sp³-hybridized carbons (Fsp3) is 0.0500. The lowest BCUT2D eigenvalue weighted by Crippen LogP contribution is -2.15. The van der Waals surface area contributed by atoms with E-state index in [1.807, 2.05) is 0 Å². The number of ether oxygens (including phenoxy) is 1. The topological polar surface area (TPSA) is 139 Å². The first-order valence-electron chi connectivity index (χ1n) is 8.95. The van der Waals surface area contributed by atoms with Gasteiger partial charge in [-0.25, -0.2) is 30.4 Å². The van der Waals surface area contributed by atoms with Crippen molar-refractivity contribution in [2.45, 2.75) is 9.79 Å². The van der Waals surface area contributed by atoms with Gasteiger partial charge in [-0.3, -0.25) is 9.44 Å². The molecular weight excluding hydrogens is 482 g/mol. The van der Waals surface area contributed by atoms with Crippen LogP contribution in [0.2, 0.25) is 0 Å². The molecule has 0 amide bonds. The Morgan fingerprint density at radius 1 is 0.818 bits per heavy atom. The quantitative estimate of drug-likeness (QED) is 0.433. The molecule has 3 N–H and O–H groups in total. The van der Waals surface area contributed by atoms with Gasteiger partial charge in [-0.05, 0) is 60.7 Å². The Bertz CT molecular complexity index is 1430. The first kappa shape index (κ1) is 23.9. The largest absolute Gasteiger partial charge is 0.495 e. The summed E-state index contributed by atoms with van der Waals surface area (Å²) in [6.07, 6.45) is 0. The minimum Gasteiger partial charge on any atom is -0.495 e. The van der Waals surface area contributed by atoms with Gasteiger partial charge in [0, 0.05) is 11.4 Å². The zero-order chi connectivity index (χ0) is 24.4. The molecule has 0 atom stereocenters. The van der Waals surface area contributed by atoms with E-state index in [0.29, 0.717) is 12.1 Å². The molecule has 0 bridgehead atoms. The predicted octanol–water partition coefficient (Wildman–Crippen LogP) is 3.27. The number of methoxy groups -OCH3 is 1. The van der Waals surface area contributed by atoms with Crippen LogP contribution in [0.1, 0.15) is 10.4 Å². The zero-order valence-electron chi connectivity index (χ0n) is 16.7. The molecule has 0 saturated carbocycles. The van der Waals surface area contributed by atoms with Crippen LogP contribution in [0, 0.1) is 11.6 Å². The van der Waals surface area contributed by atoms with E-state index in [4.69, 9.17) is 9.84 Å². The number of hydrogen-bond acceptors (Lipinski definition) is 6. The molecule has 0 radical (unpaired) electrons. The van der Waals surface area contributed by atoms with Crippen molar-refractivity contribution in [3.63, 3.8) is 0 Å². The molecule has 3 aromatic carbocycles. The molecule has 0 aliphatic rings. The van der Waals surface area contributed by atoms with E-state index < -0.39 is 47.4 Å². The fourth-order valence-electron chi connectivity index (χ4n) is 2.69. The maximum Gasteiger partial charge on any atom is 0.335 e. The summed E-state index contributed by atoms with van der Waals surface area (Å²) in [7, 11) is -7.27. The molecule has 3 aromatic rings. The van der Waals surface area contributed by atoms with Gasteiger partial charge in [0.1, 0.15) is 10.6 Å². The minimum absolute atomic E-state index is 0.0214. The monoisotopic (exact) mass is 498 g/mol. The Labute approximate surface area is 187 Å². The van der Waals surface area contributed by atoms with Gasteiger partial charge in [-0.1, -0.05) is 0 Å². The summed E-state index contributed by atoms with van der Waals surface area (Å²) in [5.74, 6) is -3.93. The Morgan fingerprint density at radius 2 is 1.39 bits per heavy atom. The lowest BCUT2D eigenvalue weighted by atomic mass is 10.2. The minimum atomic E-state index is -4.27. The number of carbonyl (C=O) groups is 1. The number of carboxylic acids is 1. The number of benzene rings is 3. The van der Waals surface area contributed by atoms with Crippen LogP contribution in [-0.2, 0) is 20.0 Å². The van der Waals surface area contributed by atoms with Crippen LogP contribution in [0.4, 0.5) is 20.2 Å². The Kier molecular flexibility index (Phi) is 6.56. The van der Waals surface area contributed by atoms with Crippen LogP contribution in [0.15, 0.2) is 70.5 Å². The van der Waals surface area contributed by atoms with Crippen LogP contribution in [-0.4, -0.2) is 35.0 Å². The molecule has 0 aliphatic heterocycles. The lowest BCUT2D eigenvalue weighted by Gasteiger charge is -2.13. The van der Waals surface area contributed by atoms with E-state index in [1.165, 1.54) is 43.5 Å². The highest BCUT2D eigenvalue weighted by Crippen LogP contribution is 2.28. The van der Waals surface area contributed by atoms with Crippen molar-refractivity contribution in [2.24, 2.45) is 0 Å². The SMILES string of the molecule is COc1ccc(C(=O)O)cc1S(=O)(=O)Nc1ccc(NS(=O)(=O)c2ccc(F)c(F)c2)cc1. The number of sulfonamides is 2. The number of halogens is 2. The highest BCUT2D eigenvalue weighted by molar-refractivity contribution is 7.93. The summed E-state index contributed by atoms with van der Waals surface area (Å²) in [5, 5.41) is 9.11. The molecule has 0 aliphatic carbocycles. The second kappa shape index (κ2) is 9.03. The number of carboxylic acid groups (broad SMARTS) is 1. The van der Waals surface area contributed by atoms with Gasteiger partial charge in [0.2, 0.25) is 0 Å². The molecule has 0 fully saturated rings. The number of nitrogens with one attached hydrogen (secondary N) is 2. The van der Waals surface area contributed by atoms with Gasteiger partial charge in [0.05, 0.1) is 17.6 Å². The Hall–Kier alpha value is -3.71. The number of aromatic carboxylic acids is 1. The average molecular weight is 498 g/mol. The van der Waals surface area contributed by atoms with Crippen molar-refractivity contribution >= 4 is 37.4 Å². The van der Waals surface area contributed by atoms with E-state index >= 15 is 0 Å². The van der Waals surface area contributed by atoms with Crippen LogP contribution < -0.4 is 14.2 Å². The molecular formula is C20H16F2N2O7S2. The van der Waals surface area contributed by atoms with E-state index in [9.17, 15) is 30.4 Å². The second-order valence-electron chi connectivity index (χ2n) is 6.54. The third kappa shape index (κ3) is 5.38. The molecule has 0 aromatic heterocycles. The summed E-state index contributed by atoms with van der Waals surface area (Å²) < 4.78 is 86.0. The summed E-state index contributed by atoms with van der Waals surface area (Å²) in [4.78, 5) is 10.3. The maximum absolute atomic E-state index is 13.3. The molecule has 13 heteroatoms. The molecule has 33 heavy (non-hydrogen) atoms. The van der Waals surface area contributed by atoms with Crippen molar-refractivity contribution < 1.29 is 40.3 Å². The van der Waals surface area contributed by atoms with E-state index in [2.05, 4.69) is 9.44 Å². The van der Waals surface area contributed by atoms with Gasteiger partial charge >= 0.3 is 5.97 Å². The Balaban J connectivity index is 1.83. The van der Waals surface area contributed by atoms with Gasteiger partial charge < -0.3 is 9.84 Å². The van der Waals surface area contributed by atoms with Gasteiger partial charge in [0.15, 0.2) is 11.6 Å². The first-order valence-corrected chi connectivity index (χ1v) is 11.9. The zero-order valence-corrected chi connectivity index (χ0v) is 18.4. The fourth-order valence-corrected chi connectivity index (χ4v) is 5.02. The van der Waals surface area contributed by atoms with Crippen molar-refractivity contribution in [2.75, 3.05) is 16.6 Å². The number of rotatable bonds is 8. The molecule has 0 saturated heterocycles. The van der Waals surface area contributed by atoms with Gasteiger partial charge in [-0.2, -0.15) is 0 Å². The highest BCUT2D eigenvalue weighted by Gasteiger charge is 2.22. The maximum atomic E-state index is 13.3. The van der Waals surface area contributed by atoms with E-state index in [-0.39, 0.29) is 22.7 Å². The molecule has 174 valence electrons. The highest BCUT2D eigenvalue weighted by atomic mass is 32.2. The van der Waals surface area contributed by atoms with E-state index in [1.54, 1.807) is 0 Å².